The SMILES string of the molecule is COc1ccc(C2=NC(O)(C(F)(F)F)CN2c2ccc(S(C)(=O)=O)cc2)cc1Cl. The van der Waals surface area contributed by atoms with Crippen LogP contribution in [0.5, 0.6) is 5.75 Å². The normalized spacial score (nSPS) is 20.0. The summed E-state index contributed by atoms with van der Waals surface area (Å²) in [5.74, 6) is 0.158. The average Bonchev–Trinajstić information content (AvgIpc) is 3.00. The fraction of sp³-hybridized carbons (Fsp3) is 0.278. The van der Waals surface area contributed by atoms with Crippen LogP contribution in [0.4, 0.5) is 18.9 Å². The highest BCUT2D eigenvalue weighted by Crippen LogP contribution is 2.39. The predicted molar refractivity (Wildman–Crippen MR) is 102 cm³/mol. The fourth-order valence-corrected chi connectivity index (χ4v) is 3.72. The largest absolute Gasteiger partial charge is 0.495 e. The molecule has 0 saturated heterocycles. The lowest BCUT2D eigenvalue weighted by atomic mass is 10.1. The summed E-state index contributed by atoms with van der Waals surface area (Å²) in [5, 5.41) is 10.3. The summed E-state index contributed by atoms with van der Waals surface area (Å²) in [6, 6.07) is 9.54. The average molecular weight is 449 g/mol. The molecular formula is C18H16ClF3N2O4S. The van der Waals surface area contributed by atoms with Gasteiger partial charge in [0.05, 0.1) is 23.6 Å². The molecule has 0 fully saturated rings. The third-order valence-corrected chi connectivity index (χ3v) is 5.79. The fourth-order valence-electron chi connectivity index (χ4n) is 2.83. The molecule has 2 aromatic carbocycles. The van der Waals surface area contributed by atoms with E-state index in [9.17, 15) is 26.7 Å². The van der Waals surface area contributed by atoms with E-state index in [-0.39, 0.29) is 27.0 Å². The molecule has 1 heterocycles. The Morgan fingerprint density at radius 1 is 1.21 bits per heavy atom. The molecule has 0 aliphatic carbocycles. The summed E-state index contributed by atoms with van der Waals surface area (Å²) < 4.78 is 68.6. The third kappa shape index (κ3) is 4.05. The van der Waals surface area contributed by atoms with E-state index in [1.165, 1.54) is 49.6 Å². The Morgan fingerprint density at radius 3 is 2.31 bits per heavy atom. The molecular weight excluding hydrogens is 433 g/mol. The summed E-state index contributed by atoms with van der Waals surface area (Å²) >= 11 is 6.08. The van der Waals surface area contributed by atoms with Gasteiger partial charge in [-0.1, -0.05) is 11.6 Å². The van der Waals surface area contributed by atoms with Crippen LogP contribution in [0.25, 0.3) is 0 Å². The van der Waals surface area contributed by atoms with Crippen molar-refractivity contribution in [3.8, 4) is 5.75 Å². The molecule has 1 atom stereocenters. The van der Waals surface area contributed by atoms with Gasteiger partial charge in [0.1, 0.15) is 11.6 Å². The summed E-state index contributed by atoms with van der Waals surface area (Å²) in [6.45, 7) is -0.895. The van der Waals surface area contributed by atoms with Gasteiger partial charge in [-0.05, 0) is 42.5 Å². The second kappa shape index (κ2) is 7.19. The Balaban J connectivity index is 2.10. The van der Waals surface area contributed by atoms with E-state index in [1.807, 2.05) is 0 Å². The molecule has 0 saturated carbocycles. The van der Waals surface area contributed by atoms with Crippen LogP contribution < -0.4 is 9.64 Å². The molecule has 1 aliphatic rings. The van der Waals surface area contributed by atoms with E-state index in [0.717, 1.165) is 11.2 Å². The Labute approximate surface area is 170 Å². The zero-order chi connectivity index (χ0) is 21.6. The number of benzene rings is 2. The monoisotopic (exact) mass is 448 g/mol. The maximum Gasteiger partial charge on any atom is 0.440 e. The number of sulfone groups is 1. The molecule has 0 amide bonds. The minimum atomic E-state index is -5.02. The van der Waals surface area contributed by atoms with Gasteiger partial charge in [-0.15, -0.1) is 0 Å². The third-order valence-electron chi connectivity index (χ3n) is 4.37. The summed E-state index contributed by atoms with van der Waals surface area (Å²) in [7, 11) is -2.08. The molecule has 1 aliphatic heterocycles. The van der Waals surface area contributed by atoms with Gasteiger partial charge in [-0.3, -0.25) is 0 Å². The number of ether oxygens (including phenoxy) is 1. The van der Waals surface area contributed by atoms with Crippen LogP contribution in [0, 0.1) is 0 Å². The van der Waals surface area contributed by atoms with Crippen molar-refractivity contribution in [2.45, 2.75) is 16.8 Å². The molecule has 0 spiro atoms. The van der Waals surface area contributed by atoms with E-state index >= 15 is 0 Å². The number of β-amino-alcohol motifs (C(OH)–C–C–N with tert-alkyl or cyclic N) is 1. The highest BCUT2D eigenvalue weighted by atomic mass is 35.5. The lowest BCUT2D eigenvalue weighted by Crippen LogP contribution is -2.47. The summed E-state index contributed by atoms with van der Waals surface area (Å²) in [4.78, 5) is 4.70. The molecule has 2 aromatic rings. The lowest BCUT2D eigenvalue weighted by molar-refractivity contribution is -0.249. The van der Waals surface area contributed by atoms with E-state index in [0.29, 0.717) is 5.75 Å². The van der Waals surface area contributed by atoms with Crippen molar-refractivity contribution >= 4 is 33.0 Å². The number of nitrogens with zero attached hydrogens (tertiary/aromatic N) is 2. The Morgan fingerprint density at radius 2 is 1.83 bits per heavy atom. The molecule has 1 unspecified atom stereocenters. The Hall–Kier alpha value is -2.30. The smallest absolute Gasteiger partial charge is 0.440 e. The first-order valence-electron chi connectivity index (χ1n) is 8.16. The van der Waals surface area contributed by atoms with Crippen LogP contribution in [-0.4, -0.2) is 51.2 Å². The highest BCUT2D eigenvalue weighted by molar-refractivity contribution is 7.90. The number of rotatable bonds is 4. The highest BCUT2D eigenvalue weighted by Gasteiger charge is 2.59. The van der Waals surface area contributed by atoms with Crippen LogP contribution in [-0.2, 0) is 9.84 Å². The van der Waals surface area contributed by atoms with Gasteiger partial charge in [0.15, 0.2) is 9.84 Å². The molecule has 1 N–H and O–H groups in total. The van der Waals surface area contributed by atoms with E-state index < -0.39 is 28.3 Å². The molecule has 0 bridgehead atoms. The van der Waals surface area contributed by atoms with Crippen molar-refractivity contribution in [3.05, 3.63) is 53.1 Å². The van der Waals surface area contributed by atoms with Gasteiger partial charge >= 0.3 is 6.18 Å². The minimum Gasteiger partial charge on any atom is -0.495 e. The number of methoxy groups -OCH3 is 1. The van der Waals surface area contributed by atoms with Crippen LogP contribution in [0.15, 0.2) is 52.4 Å². The molecule has 0 aromatic heterocycles. The van der Waals surface area contributed by atoms with Gasteiger partial charge < -0.3 is 14.7 Å². The number of aliphatic imine (C=N–C) groups is 1. The topological polar surface area (TPSA) is 79.2 Å². The van der Waals surface area contributed by atoms with Crippen LogP contribution in [0.1, 0.15) is 5.56 Å². The van der Waals surface area contributed by atoms with E-state index in [1.54, 1.807) is 0 Å². The van der Waals surface area contributed by atoms with Gasteiger partial charge in [-0.2, -0.15) is 13.2 Å². The quantitative estimate of drug-likeness (QED) is 0.776. The molecule has 6 nitrogen and oxygen atoms in total. The van der Waals surface area contributed by atoms with E-state index in [4.69, 9.17) is 16.3 Å². The minimum absolute atomic E-state index is 0.0116. The number of hydrogen-bond donors (Lipinski definition) is 1. The second-order valence-corrected chi connectivity index (χ2v) is 8.87. The molecule has 3 rings (SSSR count). The van der Waals surface area contributed by atoms with Crippen molar-refractivity contribution in [3.63, 3.8) is 0 Å². The molecule has 0 radical (unpaired) electrons. The van der Waals surface area contributed by atoms with Crippen LogP contribution >= 0.6 is 11.6 Å². The van der Waals surface area contributed by atoms with Crippen LogP contribution in [0.3, 0.4) is 0 Å². The predicted octanol–water partition coefficient (Wildman–Crippen LogP) is 3.27. The number of amidine groups is 1. The summed E-state index contributed by atoms with van der Waals surface area (Å²) in [5.41, 5.74) is -2.88. The Kier molecular flexibility index (Phi) is 5.31. The zero-order valence-electron chi connectivity index (χ0n) is 15.2. The van der Waals surface area contributed by atoms with Gasteiger partial charge in [0.2, 0.25) is 0 Å². The molecule has 156 valence electrons. The van der Waals surface area contributed by atoms with Crippen molar-refractivity contribution in [1.29, 1.82) is 0 Å². The first-order chi connectivity index (χ1) is 13.4. The summed E-state index contributed by atoms with van der Waals surface area (Å²) in [6.07, 6.45) is -4.00. The van der Waals surface area contributed by atoms with Crippen molar-refractivity contribution in [2.24, 2.45) is 4.99 Å². The zero-order valence-corrected chi connectivity index (χ0v) is 16.8. The number of hydrogen-bond acceptors (Lipinski definition) is 6. The lowest BCUT2D eigenvalue weighted by Gasteiger charge is -2.25. The number of alkyl halides is 3. The van der Waals surface area contributed by atoms with Gasteiger partial charge in [-0.25, -0.2) is 13.4 Å². The maximum atomic E-state index is 13.4. The number of aliphatic hydroxyl groups is 1. The van der Waals surface area contributed by atoms with E-state index in [2.05, 4.69) is 4.99 Å². The maximum absolute atomic E-state index is 13.4. The van der Waals surface area contributed by atoms with Crippen molar-refractivity contribution < 1.29 is 31.4 Å². The molecule has 11 heteroatoms. The first kappa shape index (κ1) is 21.4. The van der Waals surface area contributed by atoms with Crippen LogP contribution in [0.2, 0.25) is 5.02 Å². The number of halogens is 4. The van der Waals surface area contributed by atoms with Gasteiger partial charge in [0.25, 0.3) is 5.72 Å². The first-order valence-corrected chi connectivity index (χ1v) is 10.4. The Bertz CT molecular complexity index is 1070. The van der Waals surface area contributed by atoms with Crippen molar-refractivity contribution in [1.82, 2.24) is 0 Å². The molecule has 29 heavy (non-hydrogen) atoms. The number of anilines is 1. The van der Waals surface area contributed by atoms with Gasteiger partial charge in [0, 0.05) is 17.5 Å². The van der Waals surface area contributed by atoms with Crippen molar-refractivity contribution in [2.75, 3.05) is 24.8 Å². The second-order valence-electron chi connectivity index (χ2n) is 6.45. The standard InChI is InChI=1S/C18H16ClF3N2O4S/c1-28-15-8-3-11(9-14(15)19)16-23-17(25,18(20,21)22)10-24(16)12-4-6-13(7-5-12)29(2,26)27/h3-9,25H,10H2,1-2H3.